The fraction of sp³-hybridized carbons (Fsp3) is 0.158. The van der Waals surface area contributed by atoms with Gasteiger partial charge in [0.1, 0.15) is 11.5 Å². The first kappa shape index (κ1) is 19.2. The van der Waals surface area contributed by atoms with Crippen LogP contribution in [0.25, 0.3) is 5.76 Å². The molecule has 0 aliphatic rings. The van der Waals surface area contributed by atoms with Gasteiger partial charge in [0.05, 0.1) is 18.4 Å². The summed E-state index contributed by atoms with van der Waals surface area (Å²) in [5.41, 5.74) is 0.398. The molecule has 0 saturated heterocycles. The van der Waals surface area contributed by atoms with Gasteiger partial charge < -0.3 is 9.84 Å². The maximum Gasteiger partial charge on any atom is 0.455 e. The van der Waals surface area contributed by atoms with Crippen molar-refractivity contribution in [2.45, 2.75) is 13.1 Å². The van der Waals surface area contributed by atoms with Crippen LogP contribution in [0, 0.1) is 6.92 Å². The van der Waals surface area contributed by atoms with Crippen molar-refractivity contribution in [3.63, 3.8) is 0 Å². The number of aryl methyl sites for hydroxylation is 1. The molecule has 2 aromatic rings. The normalized spacial score (nSPS) is 12.8. The number of allylic oxidation sites excluding steroid dienone is 1. The fourth-order valence-electron chi connectivity index (χ4n) is 2.05. The van der Waals surface area contributed by atoms with Crippen LogP contribution in [0.5, 0.6) is 5.75 Å². The van der Waals surface area contributed by atoms with Crippen molar-refractivity contribution in [3.05, 3.63) is 65.2 Å². The van der Waals surface area contributed by atoms with E-state index in [2.05, 4.69) is 4.99 Å². The molecule has 136 valence electrons. The molecular weight excluding hydrogens is 347 g/mol. The van der Waals surface area contributed by atoms with E-state index in [4.69, 9.17) is 4.74 Å². The smallest absolute Gasteiger partial charge is 0.455 e. The molecule has 26 heavy (non-hydrogen) atoms. The molecule has 0 atom stereocenters. The second-order valence-corrected chi connectivity index (χ2v) is 5.41. The number of rotatable bonds is 5. The largest absolute Gasteiger partial charge is 0.506 e. The molecule has 0 bridgehead atoms. The van der Waals surface area contributed by atoms with Crippen molar-refractivity contribution in [2.24, 2.45) is 4.99 Å². The minimum atomic E-state index is -5.14. The number of carbonyl (C=O) groups excluding carboxylic acids is 1. The van der Waals surface area contributed by atoms with Crippen molar-refractivity contribution in [3.8, 4) is 5.75 Å². The standard InChI is InChI=1S/C19H16F3NO3/c1-12-3-7-14(8-4-12)23-11-16(18(25)19(20,21)22)17(24)13-5-9-15(26-2)10-6-13/h3-11,24H,1-2H3/b17-16+,23-11?. The van der Waals surface area contributed by atoms with E-state index in [0.29, 0.717) is 11.4 Å². The zero-order valence-corrected chi connectivity index (χ0v) is 14.0. The van der Waals surface area contributed by atoms with Crippen molar-refractivity contribution in [2.75, 3.05) is 7.11 Å². The maximum absolute atomic E-state index is 12.9. The topological polar surface area (TPSA) is 58.9 Å². The van der Waals surface area contributed by atoms with Gasteiger partial charge in [-0.1, -0.05) is 17.7 Å². The van der Waals surface area contributed by atoms with Crippen LogP contribution in [0.1, 0.15) is 11.1 Å². The van der Waals surface area contributed by atoms with Crippen LogP contribution >= 0.6 is 0 Å². The summed E-state index contributed by atoms with van der Waals surface area (Å²) in [7, 11) is 1.43. The number of aliphatic imine (C=N–C) groups is 1. The Morgan fingerprint density at radius 2 is 1.65 bits per heavy atom. The molecule has 0 fully saturated rings. The molecule has 0 heterocycles. The molecule has 4 nitrogen and oxygen atoms in total. The summed E-state index contributed by atoms with van der Waals surface area (Å²) < 4.78 is 43.6. The average molecular weight is 363 g/mol. The number of hydrogen-bond acceptors (Lipinski definition) is 4. The molecule has 2 aromatic carbocycles. The second-order valence-electron chi connectivity index (χ2n) is 5.41. The summed E-state index contributed by atoms with van der Waals surface area (Å²) in [4.78, 5) is 15.6. The van der Waals surface area contributed by atoms with E-state index in [-0.39, 0.29) is 5.56 Å². The van der Waals surface area contributed by atoms with Crippen LogP contribution < -0.4 is 4.74 Å². The molecule has 2 rings (SSSR count). The first-order chi connectivity index (χ1) is 12.2. The van der Waals surface area contributed by atoms with E-state index in [1.165, 1.54) is 31.4 Å². The number of aliphatic hydroxyl groups excluding tert-OH is 1. The third kappa shape index (κ3) is 4.72. The Kier molecular flexibility index (Phi) is 5.82. The highest BCUT2D eigenvalue weighted by Crippen LogP contribution is 2.26. The van der Waals surface area contributed by atoms with E-state index in [1.807, 2.05) is 6.92 Å². The summed E-state index contributed by atoms with van der Waals surface area (Å²) >= 11 is 0. The van der Waals surface area contributed by atoms with Crippen LogP contribution in [0.3, 0.4) is 0 Å². The number of halogens is 3. The number of ether oxygens (including phenoxy) is 1. The van der Waals surface area contributed by atoms with Crippen LogP contribution in [-0.2, 0) is 4.79 Å². The van der Waals surface area contributed by atoms with E-state index in [9.17, 15) is 23.1 Å². The molecule has 0 radical (unpaired) electrons. The lowest BCUT2D eigenvalue weighted by atomic mass is 10.0. The monoisotopic (exact) mass is 363 g/mol. The van der Waals surface area contributed by atoms with Crippen LogP contribution in [0.15, 0.2) is 59.1 Å². The predicted octanol–water partition coefficient (Wildman–Crippen LogP) is 4.81. The van der Waals surface area contributed by atoms with Gasteiger partial charge in [-0.3, -0.25) is 9.79 Å². The van der Waals surface area contributed by atoms with Crippen molar-refractivity contribution < 1.29 is 27.8 Å². The van der Waals surface area contributed by atoms with Crippen LogP contribution in [-0.4, -0.2) is 30.4 Å². The quantitative estimate of drug-likeness (QED) is 0.471. The Morgan fingerprint density at radius 1 is 1.08 bits per heavy atom. The first-order valence-electron chi connectivity index (χ1n) is 7.52. The Bertz CT molecular complexity index is 836. The number of Topliss-reactive ketones (excluding diaryl/α,β-unsaturated/α-hetero) is 1. The van der Waals surface area contributed by atoms with Crippen molar-refractivity contribution >= 4 is 23.4 Å². The zero-order valence-electron chi connectivity index (χ0n) is 14.0. The van der Waals surface area contributed by atoms with Gasteiger partial charge in [0.15, 0.2) is 0 Å². The number of nitrogens with zero attached hydrogens (tertiary/aromatic N) is 1. The summed E-state index contributed by atoms with van der Waals surface area (Å²) in [6, 6.07) is 12.2. The van der Waals surface area contributed by atoms with Gasteiger partial charge in [0.25, 0.3) is 5.78 Å². The Morgan fingerprint density at radius 3 is 2.15 bits per heavy atom. The summed E-state index contributed by atoms with van der Waals surface area (Å²) in [6.45, 7) is 1.85. The number of carbonyl (C=O) groups is 1. The molecule has 0 spiro atoms. The fourth-order valence-corrected chi connectivity index (χ4v) is 2.05. The highest BCUT2D eigenvalue weighted by atomic mass is 19.4. The predicted molar refractivity (Wildman–Crippen MR) is 92.9 cm³/mol. The number of alkyl halides is 3. The lowest BCUT2D eigenvalue weighted by Crippen LogP contribution is -2.26. The van der Waals surface area contributed by atoms with Gasteiger partial charge in [0, 0.05) is 11.8 Å². The minimum absolute atomic E-state index is 0.0359. The summed E-state index contributed by atoms with van der Waals surface area (Å²) in [5.74, 6) is -2.54. The molecule has 1 N–H and O–H groups in total. The van der Waals surface area contributed by atoms with E-state index in [0.717, 1.165) is 11.8 Å². The molecule has 0 unspecified atom stereocenters. The Labute approximate surface area is 148 Å². The molecule has 0 aliphatic carbocycles. The van der Waals surface area contributed by atoms with Crippen molar-refractivity contribution in [1.29, 1.82) is 0 Å². The molecule has 0 aromatic heterocycles. The van der Waals surface area contributed by atoms with Crippen LogP contribution in [0.2, 0.25) is 0 Å². The first-order valence-corrected chi connectivity index (χ1v) is 7.52. The number of benzene rings is 2. The third-order valence-corrected chi connectivity index (χ3v) is 3.50. The molecule has 0 saturated carbocycles. The maximum atomic E-state index is 12.9. The average Bonchev–Trinajstić information content (AvgIpc) is 2.62. The highest BCUT2D eigenvalue weighted by Gasteiger charge is 2.41. The van der Waals surface area contributed by atoms with Gasteiger partial charge in [-0.05, 0) is 43.3 Å². The Balaban J connectivity index is 2.48. The molecule has 7 heteroatoms. The zero-order chi connectivity index (χ0) is 19.3. The van der Waals surface area contributed by atoms with E-state index in [1.54, 1.807) is 24.3 Å². The van der Waals surface area contributed by atoms with Gasteiger partial charge in [-0.15, -0.1) is 0 Å². The molecular formula is C19H16F3NO3. The van der Waals surface area contributed by atoms with Gasteiger partial charge in [-0.2, -0.15) is 13.2 Å². The molecule has 0 amide bonds. The second kappa shape index (κ2) is 7.86. The van der Waals surface area contributed by atoms with Gasteiger partial charge >= 0.3 is 6.18 Å². The third-order valence-electron chi connectivity index (χ3n) is 3.50. The number of ketones is 1. The van der Waals surface area contributed by atoms with Gasteiger partial charge in [-0.25, -0.2) is 0 Å². The SMILES string of the molecule is COc1ccc(/C(O)=C(/C=Nc2ccc(C)cc2)C(=O)C(F)(F)F)cc1. The van der Waals surface area contributed by atoms with Crippen molar-refractivity contribution in [1.82, 2.24) is 0 Å². The van der Waals surface area contributed by atoms with Crippen LogP contribution in [0.4, 0.5) is 18.9 Å². The lowest BCUT2D eigenvalue weighted by Gasteiger charge is -2.09. The lowest BCUT2D eigenvalue weighted by molar-refractivity contribution is -0.165. The summed E-state index contributed by atoms with van der Waals surface area (Å²) in [6.07, 6.45) is -4.42. The number of methoxy groups -OCH3 is 1. The highest BCUT2D eigenvalue weighted by molar-refractivity contribution is 6.20. The molecule has 0 aliphatic heterocycles. The summed E-state index contributed by atoms with van der Waals surface area (Å²) in [5, 5.41) is 10.2. The Hall–Kier alpha value is -3.09. The van der Waals surface area contributed by atoms with E-state index < -0.39 is 23.3 Å². The number of aliphatic hydroxyl groups is 1. The number of hydrogen-bond donors (Lipinski definition) is 1. The van der Waals surface area contributed by atoms with Gasteiger partial charge in [0.2, 0.25) is 0 Å². The van der Waals surface area contributed by atoms with E-state index >= 15 is 0 Å². The minimum Gasteiger partial charge on any atom is -0.506 e.